The van der Waals surface area contributed by atoms with E-state index in [4.69, 9.17) is 29.3 Å². The number of hydrogen-bond acceptors (Lipinski definition) is 6. The third kappa shape index (κ3) is 16.8. The zero-order chi connectivity index (χ0) is 18.2. The minimum Gasteiger partial charge on any atom is -0.543 e. The van der Waals surface area contributed by atoms with Crippen molar-refractivity contribution in [3.63, 3.8) is 0 Å². The maximum Gasteiger partial charge on any atom is 4.00 e. The molecule has 2 aliphatic rings. The van der Waals surface area contributed by atoms with E-state index in [1.165, 1.54) is 11.8 Å². The van der Waals surface area contributed by atoms with Crippen LogP contribution in [0.1, 0.15) is 12.8 Å². The average Bonchev–Trinajstić information content (AvgIpc) is 3.25. The predicted molar refractivity (Wildman–Crippen MR) is 83.9 cm³/mol. The molecular formula is C18H22O6Ti+2. The minimum absolute atomic E-state index is 0. The summed E-state index contributed by atoms with van der Waals surface area (Å²) in [6.45, 7) is 1.65. The van der Waals surface area contributed by atoms with E-state index >= 15 is 0 Å². The van der Waals surface area contributed by atoms with E-state index in [0.29, 0.717) is 0 Å². The van der Waals surface area contributed by atoms with Gasteiger partial charge in [-0.15, -0.1) is 0 Å². The van der Waals surface area contributed by atoms with Crippen molar-refractivity contribution in [1.82, 2.24) is 0 Å². The summed E-state index contributed by atoms with van der Waals surface area (Å²) in [7, 11) is 3.45. The minimum atomic E-state index is -2.19. The molecule has 0 aromatic carbocycles. The van der Waals surface area contributed by atoms with E-state index in [9.17, 15) is 0 Å². The smallest absolute Gasteiger partial charge is 0.543 e. The third-order valence-electron chi connectivity index (χ3n) is 2.82. The van der Waals surface area contributed by atoms with Gasteiger partial charge in [0.25, 0.3) is 0 Å². The predicted octanol–water partition coefficient (Wildman–Crippen LogP) is -0.660. The summed E-state index contributed by atoms with van der Waals surface area (Å²) in [5, 5.41) is 17.9. The van der Waals surface area contributed by atoms with Crippen LogP contribution in [0.3, 0.4) is 0 Å². The molecule has 2 saturated carbocycles. The average molecular weight is 382 g/mol. The molecule has 7 heteroatoms. The maximum absolute atomic E-state index is 8.93. The molecule has 0 bridgehead atoms. The fourth-order valence-corrected chi connectivity index (χ4v) is 1.60. The molecule has 0 aromatic rings. The number of ether oxygens (including phenoxy) is 2. The first-order chi connectivity index (χ1) is 11.5. The molecule has 0 unspecified atom stereocenters. The Morgan fingerprint density at radius 2 is 1.04 bits per heavy atom. The molecule has 132 valence electrons. The fourth-order valence-electron chi connectivity index (χ4n) is 1.60. The van der Waals surface area contributed by atoms with Gasteiger partial charge in [0.2, 0.25) is 0 Å². The van der Waals surface area contributed by atoms with Gasteiger partial charge in [-0.05, 0) is 76.0 Å². The van der Waals surface area contributed by atoms with Gasteiger partial charge in [-0.25, -0.2) is 0 Å². The van der Waals surface area contributed by atoms with Crippen LogP contribution in [0.2, 0.25) is 0 Å². The second-order valence-corrected chi connectivity index (χ2v) is 4.65. The Bertz CT molecular complexity index is 294. The summed E-state index contributed by atoms with van der Waals surface area (Å²) >= 11 is 0. The molecule has 2 rings (SSSR count). The Morgan fingerprint density at radius 1 is 0.760 bits per heavy atom. The monoisotopic (exact) mass is 382 g/mol. The number of carbonyl (C=O) groups is 2. The van der Waals surface area contributed by atoms with Crippen molar-refractivity contribution in [2.75, 3.05) is 27.4 Å². The molecule has 2 aliphatic carbocycles. The molecule has 2 fully saturated rings. The molecule has 0 atom stereocenters. The van der Waals surface area contributed by atoms with Crippen LogP contribution >= 0.6 is 0 Å². The Morgan fingerprint density at radius 3 is 1.24 bits per heavy atom. The molecule has 0 aromatic heterocycles. The topological polar surface area (TPSA) is 98.7 Å². The van der Waals surface area contributed by atoms with Crippen molar-refractivity contribution >= 4 is 11.9 Å². The largest absolute Gasteiger partial charge is 4.00 e. The van der Waals surface area contributed by atoms with Gasteiger partial charge in [-0.2, -0.15) is 0 Å². The number of carboxylic acids is 2. The van der Waals surface area contributed by atoms with Gasteiger partial charge in [-0.1, -0.05) is 0 Å². The summed E-state index contributed by atoms with van der Waals surface area (Å²) in [6, 6.07) is 0. The molecule has 10 radical (unpaired) electrons. The van der Waals surface area contributed by atoms with Gasteiger partial charge in [0.15, 0.2) is 0 Å². The molecule has 0 aliphatic heterocycles. The van der Waals surface area contributed by atoms with Gasteiger partial charge in [0.05, 0.1) is 11.9 Å². The van der Waals surface area contributed by atoms with E-state index < -0.39 is 11.9 Å². The summed E-state index contributed by atoms with van der Waals surface area (Å²) < 4.78 is 9.83. The van der Waals surface area contributed by atoms with E-state index in [0.717, 1.165) is 26.1 Å². The Labute approximate surface area is 166 Å². The van der Waals surface area contributed by atoms with Gasteiger partial charge >= 0.3 is 21.7 Å². The first kappa shape index (κ1) is 26.8. The van der Waals surface area contributed by atoms with Crippen LogP contribution in [0.15, 0.2) is 0 Å². The molecule has 25 heavy (non-hydrogen) atoms. The van der Waals surface area contributed by atoms with Crippen molar-refractivity contribution in [3.8, 4) is 0 Å². The Balaban J connectivity index is 0. The summed E-state index contributed by atoms with van der Waals surface area (Å²) in [6.07, 6.45) is 18.7. The van der Waals surface area contributed by atoms with E-state index in [1.807, 2.05) is 25.7 Å². The van der Waals surface area contributed by atoms with Crippen molar-refractivity contribution in [2.24, 2.45) is 0 Å². The molecule has 0 spiro atoms. The van der Waals surface area contributed by atoms with Gasteiger partial charge in [-0.3, -0.25) is 0 Å². The fraction of sp³-hybridized carbons (Fsp3) is 0.333. The molecular weight excluding hydrogens is 360 g/mol. The van der Waals surface area contributed by atoms with E-state index in [2.05, 4.69) is 25.7 Å². The molecule has 0 amide bonds. The quantitative estimate of drug-likeness (QED) is 0.447. The van der Waals surface area contributed by atoms with Gasteiger partial charge < -0.3 is 29.3 Å². The number of carboxylic acid groups (broad SMARTS) is 2. The van der Waals surface area contributed by atoms with Crippen LogP contribution in [-0.4, -0.2) is 39.4 Å². The van der Waals surface area contributed by atoms with Crippen LogP contribution in [-0.2, 0) is 40.8 Å². The van der Waals surface area contributed by atoms with Crippen molar-refractivity contribution in [1.29, 1.82) is 0 Å². The normalized spacial score (nSPS) is 16.9. The summed E-state index contributed by atoms with van der Waals surface area (Å²) in [5.41, 5.74) is 0. The Hall–Kier alpha value is -0.426. The molecule has 0 heterocycles. The zero-order valence-electron chi connectivity index (χ0n) is 14.4. The van der Waals surface area contributed by atoms with Crippen LogP contribution in [0.5, 0.6) is 0 Å². The van der Waals surface area contributed by atoms with Gasteiger partial charge in [0, 0.05) is 27.4 Å². The number of rotatable bonds is 6. The van der Waals surface area contributed by atoms with Crippen LogP contribution in [0.4, 0.5) is 0 Å². The van der Waals surface area contributed by atoms with Crippen molar-refractivity contribution in [3.05, 3.63) is 63.2 Å². The second kappa shape index (κ2) is 18.4. The third-order valence-corrected chi connectivity index (χ3v) is 2.82. The van der Waals surface area contributed by atoms with Crippen molar-refractivity contribution in [2.45, 2.75) is 12.8 Å². The number of aliphatic carboxylic acids is 2. The van der Waals surface area contributed by atoms with Crippen LogP contribution in [0.25, 0.3) is 0 Å². The van der Waals surface area contributed by atoms with E-state index in [-0.39, 0.29) is 21.7 Å². The molecule has 6 nitrogen and oxygen atoms in total. The SMILES string of the molecule is COCC[C]1[CH][CH][CH][CH]1.COCC[C]1[CH][CH][CH][CH]1.O=C([O-])C(=O)[O-].[Ti+4]. The van der Waals surface area contributed by atoms with Crippen LogP contribution < -0.4 is 10.2 Å². The zero-order valence-corrected chi connectivity index (χ0v) is 16.0. The summed E-state index contributed by atoms with van der Waals surface area (Å²) in [5.74, 6) is -1.65. The first-order valence-corrected chi connectivity index (χ1v) is 7.32. The maximum atomic E-state index is 8.93. The Kier molecular flexibility index (Phi) is 19.7. The second-order valence-electron chi connectivity index (χ2n) is 4.65. The summed E-state index contributed by atoms with van der Waals surface area (Å²) in [4.78, 5) is 17.9. The van der Waals surface area contributed by atoms with Crippen LogP contribution in [0, 0.1) is 63.2 Å². The van der Waals surface area contributed by atoms with Crippen molar-refractivity contribution < 1.29 is 51.0 Å². The first-order valence-electron chi connectivity index (χ1n) is 7.32. The number of methoxy groups -OCH3 is 2. The van der Waals surface area contributed by atoms with Gasteiger partial charge in [0.1, 0.15) is 0 Å². The number of hydrogen-bond donors (Lipinski definition) is 0. The number of carbonyl (C=O) groups excluding carboxylic acids is 2. The van der Waals surface area contributed by atoms with E-state index in [1.54, 1.807) is 14.2 Å². The standard InChI is InChI=1S/2C8H11O.C2H2O4.Ti/c2*1-9-7-6-8-4-2-3-5-8;3-1(4)2(5)6;/h2*2-5H,6-7H2,1H3;(H,3,4)(H,5,6);/q;;;+4/p-2. The molecule has 0 N–H and O–H groups in total. The molecule has 0 saturated heterocycles.